The van der Waals surface area contributed by atoms with Crippen LogP contribution in [0.3, 0.4) is 0 Å². The van der Waals surface area contributed by atoms with Gasteiger partial charge in [0, 0.05) is 25.7 Å². The standard InChI is InChI=1S/C26H33N3O3S/c1-21-8-10-22(11-9-21)20-33(30,31)32-19-23-5-4-14-29(18-23)25-12-15-28(16-13-25)26-7-3-2-6-24(26)17-27/h2-3,6-11,23,25H,4-5,12-16,18-20H2,1H3. The average molecular weight is 468 g/mol. The lowest BCUT2D eigenvalue weighted by Crippen LogP contribution is -2.49. The Morgan fingerprint density at radius 1 is 1.03 bits per heavy atom. The summed E-state index contributed by atoms with van der Waals surface area (Å²) in [6.45, 7) is 6.07. The zero-order valence-corrected chi connectivity index (χ0v) is 20.1. The van der Waals surface area contributed by atoms with Crippen LogP contribution in [0.15, 0.2) is 48.5 Å². The highest BCUT2D eigenvalue weighted by atomic mass is 32.2. The van der Waals surface area contributed by atoms with Gasteiger partial charge in [-0.2, -0.15) is 13.7 Å². The van der Waals surface area contributed by atoms with Crippen LogP contribution in [-0.2, 0) is 20.1 Å². The van der Waals surface area contributed by atoms with Crippen molar-refractivity contribution in [2.24, 2.45) is 5.92 Å². The predicted octanol–water partition coefficient (Wildman–Crippen LogP) is 4.09. The molecule has 1 atom stereocenters. The Morgan fingerprint density at radius 2 is 1.76 bits per heavy atom. The van der Waals surface area contributed by atoms with E-state index in [1.54, 1.807) is 0 Å². The second-order valence-electron chi connectivity index (χ2n) is 9.32. The van der Waals surface area contributed by atoms with E-state index in [4.69, 9.17) is 4.18 Å². The average Bonchev–Trinajstić information content (AvgIpc) is 2.84. The molecule has 176 valence electrons. The van der Waals surface area contributed by atoms with Crippen molar-refractivity contribution >= 4 is 15.8 Å². The summed E-state index contributed by atoms with van der Waals surface area (Å²) in [4.78, 5) is 4.84. The SMILES string of the molecule is Cc1ccc(CS(=O)(=O)OCC2CCCN(C3CCN(c4ccccc4C#N)CC3)C2)cc1. The summed E-state index contributed by atoms with van der Waals surface area (Å²) < 4.78 is 30.4. The number of para-hydroxylation sites is 1. The summed E-state index contributed by atoms with van der Waals surface area (Å²) >= 11 is 0. The van der Waals surface area contributed by atoms with Crippen LogP contribution in [0.4, 0.5) is 5.69 Å². The minimum Gasteiger partial charge on any atom is -0.370 e. The van der Waals surface area contributed by atoms with Crippen LogP contribution < -0.4 is 4.90 Å². The van der Waals surface area contributed by atoms with E-state index in [-0.39, 0.29) is 18.3 Å². The summed E-state index contributed by atoms with van der Waals surface area (Å²) in [5.41, 5.74) is 3.63. The number of hydrogen-bond donors (Lipinski definition) is 0. The first-order valence-electron chi connectivity index (χ1n) is 11.8. The number of benzene rings is 2. The first kappa shape index (κ1) is 23.7. The van der Waals surface area contributed by atoms with Gasteiger partial charge in [0.25, 0.3) is 10.1 Å². The molecule has 2 saturated heterocycles. The lowest BCUT2D eigenvalue weighted by atomic mass is 9.94. The third-order valence-electron chi connectivity index (χ3n) is 6.84. The predicted molar refractivity (Wildman–Crippen MR) is 130 cm³/mol. The van der Waals surface area contributed by atoms with E-state index in [2.05, 4.69) is 15.9 Å². The van der Waals surface area contributed by atoms with Crippen molar-refractivity contribution in [1.29, 1.82) is 5.26 Å². The summed E-state index contributed by atoms with van der Waals surface area (Å²) in [5, 5.41) is 9.40. The van der Waals surface area contributed by atoms with Gasteiger partial charge in [-0.15, -0.1) is 0 Å². The third kappa shape index (κ3) is 6.35. The molecule has 0 saturated carbocycles. The number of nitrogens with zero attached hydrogens (tertiary/aromatic N) is 3. The second kappa shape index (κ2) is 10.7. The molecule has 1 unspecified atom stereocenters. The molecule has 2 aliphatic heterocycles. The summed E-state index contributed by atoms with van der Waals surface area (Å²) in [6, 6.07) is 18.2. The van der Waals surface area contributed by atoms with E-state index in [0.29, 0.717) is 6.04 Å². The zero-order valence-electron chi connectivity index (χ0n) is 19.3. The first-order valence-corrected chi connectivity index (χ1v) is 13.4. The van der Waals surface area contributed by atoms with Gasteiger partial charge in [0.1, 0.15) is 11.8 Å². The zero-order chi connectivity index (χ0) is 23.3. The Morgan fingerprint density at radius 3 is 2.48 bits per heavy atom. The van der Waals surface area contributed by atoms with E-state index >= 15 is 0 Å². The van der Waals surface area contributed by atoms with Crippen molar-refractivity contribution in [2.75, 3.05) is 37.7 Å². The molecule has 2 fully saturated rings. The minimum absolute atomic E-state index is 0.0770. The van der Waals surface area contributed by atoms with Crippen molar-refractivity contribution in [3.05, 3.63) is 65.2 Å². The van der Waals surface area contributed by atoms with Gasteiger partial charge in [0.15, 0.2) is 0 Å². The van der Waals surface area contributed by atoms with Crippen LogP contribution in [0.2, 0.25) is 0 Å². The van der Waals surface area contributed by atoms with Gasteiger partial charge in [0.05, 0.1) is 17.9 Å². The van der Waals surface area contributed by atoms with Crippen LogP contribution >= 0.6 is 0 Å². The summed E-state index contributed by atoms with van der Waals surface area (Å²) in [5.74, 6) is 0.163. The lowest BCUT2D eigenvalue weighted by Gasteiger charge is -2.43. The monoisotopic (exact) mass is 467 g/mol. The molecule has 4 rings (SSSR count). The molecule has 0 radical (unpaired) electrons. The number of likely N-dealkylation sites (tertiary alicyclic amines) is 1. The third-order valence-corrected chi connectivity index (χ3v) is 8.03. The largest absolute Gasteiger partial charge is 0.370 e. The first-order chi connectivity index (χ1) is 15.9. The number of anilines is 1. The maximum atomic E-state index is 12.5. The highest BCUT2D eigenvalue weighted by Gasteiger charge is 2.30. The maximum Gasteiger partial charge on any atom is 0.271 e. The molecule has 2 aliphatic rings. The quantitative estimate of drug-likeness (QED) is 0.571. The maximum absolute atomic E-state index is 12.5. The van der Waals surface area contributed by atoms with E-state index < -0.39 is 10.1 Å². The molecular weight excluding hydrogens is 434 g/mol. The van der Waals surface area contributed by atoms with Crippen LogP contribution in [-0.4, -0.2) is 52.1 Å². The molecule has 0 N–H and O–H groups in total. The Bertz CT molecular complexity index is 1070. The topological polar surface area (TPSA) is 73.6 Å². The fourth-order valence-corrected chi connectivity index (χ4v) is 6.09. The summed E-state index contributed by atoms with van der Waals surface area (Å²) in [6.07, 6.45) is 4.19. The van der Waals surface area contributed by atoms with Crippen LogP contribution in [0, 0.1) is 24.2 Å². The molecule has 2 aromatic rings. The van der Waals surface area contributed by atoms with Crippen molar-refractivity contribution in [3.8, 4) is 6.07 Å². The highest BCUT2D eigenvalue weighted by molar-refractivity contribution is 7.85. The van der Waals surface area contributed by atoms with Crippen molar-refractivity contribution < 1.29 is 12.6 Å². The second-order valence-corrected chi connectivity index (χ2v) is 11.0. The number of nitriles is 1. The molecule has 33 heavy (non-hydrogen) atoms. The van der Waals surface area contributed by atoms with Gasteiger partial charge in [-0.05, 0) is 62.8 Å². The van der Waals surface area contributed by atoms with Gasteiger partial charge >= 0.3 is 0 Å². The molecule has 6 nitrogen and oxygen atoms in total. The van der Waals surface area contributed by atoms with Gasteiger partial charge in [-0.3, -0.25) is 9.08 Å². The molecular formula is C26H33N3O3S. The van der Waals surface area contributed by atoms with E-state index in [9.17, 15) is 13.7 Å². The van der Waals surface area contributed by atoms with Gasteiger partial charge in [-0.1, -0.05) is 42.0 Å². The molecule has 0 aliphatic carbocycles. The Kier molecular flexibility index (Phi) is 7.69. The Hall–Kier alpha value is -2.40. The van der Waals surface area contributed by atoms with Crippen molar-refractivity contribution in [2.45, 2.75) is 44.4 Å². The van der Waals surface area contributed by atoms with E-state index in [1.807, 2.05) is 55.5 Å². The van der Waals surface area contributed by atoms with Gasteiger partial charge < -0.3 is 4.90 Å². The van der Waals surface area contributed by atoms with Crippen LogP contribution in [0.25, 0.3) is 0 Å². The normalized spacial score (nSPS) is 20.5. The number of aryl methyl sites for hydroxylation is 1. The van der Waals surface area contributed by atoms with E-state index in [0.717, 1.165) is 74.2 Å². The number of hydrogen-bond acceptors (Lipinski definition) is 6. The van der Waals surface area contributed by atoms with Crippen molar-refractivity contribution in [1.82, 2.24) is 4.90 Å². The van der Waals surface area contributed by atoms with Crippen molar-refractivity contribution in [3.63, 3.8) is 0 Å². The van der Waals surface area contributed by atoms with Gasteiger partial charge in [0.2, 0.25) is 0 Å². The van der Waals surface area contributed by atoms with E-state index in [1.165, 1.54) is 0 Å². The van der Waals surface area contributed by atoms with Crippen LogP contribution in [0.1, 0.15) is 42.4 Å². The number of rotatable bonds is 7. The molecule has 2 aromatic carbocycles. The summed E-state index contributed by atoms with van der Waals surface area (Å²) in [7, 11) is -3.59. The highest BCUT2D eigenvalue weighted by Crippen LogP contribution is 2.28. The molecule has 0 bridgehead atoms. The molecule has 7 heteroatoms. The molecule has 0 aromatic heterocycles. The Balaban J connectivity index is 1.27. The molecule has 2 heterocycles. The van der Waals surface area contributed by atoms with Gasteiger partial charge in [-0.25, -0.2) is 0 Å². The lowest BCUT2D eigenvalue weighted by molar-refractivity contribution is 0.0848. The number of piperidine rings is 2. The molecule has 0 spiro atoms. The fourth-order valence-electron chi connectivity index (χ4n) is 5.01. The van der Waals surface area contributed by atoms with Crippen LogP contribution in [0.5, 0.6) is 0 Å². The minimum atomic E-state index is -3.59. The fraction of sp³-hybridized carbons (Fsp3) is 0.500. The molecule has 0 amide bonds. The smallest absolute Gasteiger partial charge is 0.271 e. The Labute approximate surface area is 197 Å².